The normalized spacial score (nSPS) is 20.1. The molecular weight excluding hydrogens is 352 g/mol. The van der Waals surface area contributed by atoms with Crippen molar-refractivity contribution in [1.29, 1.82) is 0 Å². The van der Waals surface area contributed by atoms with Gasteiger partial charge in [0.05, 0.1) is 11.8 Å². The average molecular weight is 395 g/mol. The number of hydrogen-bond acceptors (Lipinski definition) is 3. The highest BCUT2D eigenvalue weighted by molar-refractivity contribution is 5.81. The molecule has 1 N–H and O–H groups in total. The van der Waals surface area contributed by atoms with Crippen LogP contribution in [0.1, 0.15) is 110 Å². The topological polar surface area (TPSA) is 63.6 Å². The number of hydrogen-bond donors (Lipinski definition) is 1. The molecule has 1 aliphatic carbocycles. The van der Waals surface area contributed by atoms with Gasteiger partial charge < -0.3 is 9.84 Å². The van der Waals surface area contributed by atoms with Gasteiger partial charge in [0, 0.05) is 0 Å². The number of allylic oxidation sites excluding steroid dienone is 2. The number of carbonyl (C=O) groups excluding carboxylic acids is 1. The lowest BCUT2D eigenvalue weighted by atomic mass is 9.83. The maximum absolute atomic E-state index is 12.6. The molecule has 3 atom stereocenters. The first-order chi connectivity index (χ1) is 13.6. The lowest BCUT2D eigenvalue weighted by molar-refractivity contribution is -0.162. The molecule has 0 saturated carbocycles. The SMILES string of the molecule is CCCCCCCCCCCC(CCCC)OC(=O)C1CC=CCC1C(=O)O. The second kappa shape index (κ2) is 15.6. The summed E-state index contributed by atoms with van der Waals surface area (Å²) in [6.07, 6.45) is 20.1. The van der Waals surface area contributed by atoms with Crippen molar-refractivity contribution in [3.8, 4) is 0 Å². The third-order valence-electron chi connectivity index (χ3n) is 5.84. The molecule has 0 bridgehead atoms. The molecule has 28 heavy (non-hydrogen) atoms. The van der Waals surface area contributed by atoms with Gasteiger partial charge in [-0.1, -0.05) is 90.2 Å². The van der Waals surface area contributed by atoms with Gasteiger partial charge in [-0.25, -0.2) is 0 Å². The second-order valence-electron chi connectivity index (χ2n) is 8.31. The van der Waals surface area contributed by atoms with E-state index in [0.717, 1.165) is 32.1 Å². The zero-order chi connectivity index (χ0) is 20.6. The van der Waals surface area contributed by atoms with Crippen LogP contribution in [0.15, 0.2) is 12.2 Å². The molecule has 162 valence electrons. The number of ether oxygens (including phenoxy) is 1. The number of carboxylic acids is 1. The van der Waals surface area contributed by atoms with Crippen molar-refractivity contribution in [3.63, 3.8) is 0 Å². The summed E-state index contributed by atoms with van der Waals surface area (Å²) in [5.41, 5.74) is 0. The quantitative estimate of drug-likeness (QED) is 0.180. The standard InChI is InChI=1S/C24H42O4/c1-3-5-7-8-9-10-11-12-13-17-20(16-6-4-2)28-24(27)22-19-15-14-18-21(22)23(25)26/h14-15,20-22H,3-13,16-19H2,1-2H3,(H,25,26). The molecule has 0 aromatic carbocycles. The van der Waals surface area contributed by atoms with Gasteiger partial charge in [-0.2, -0.15) is 0 Å². The van der Waals surface area contributed by atoms with E-state index in [1.807, 2.05) is 12.2 Å². The van der Waals surface area contributed by atoms with Crippen LogP contribution in [-0.2, 0) is 14.3 Å². The van der Waals surface area contributed by atoms with Gasteiger partial charge in [-0.05, 0) is 32.1 Å². The van der Waals surface area contributed by atoms with Crippen LogP contribution in [-0.4, -0.2) is 23.1 Å². The summed E-state index contributed by atoms with van der Waals surface area (Å²) in [7, 11) is 0. The third kappa shape index (κ3) is 10.3. The van der Waals surface area contributed by atoms with E-state index in [1.54, 1.807) is 0 Å². The minimum Gasteiger partial charge on any atom is -0.481 e. The molecule has 0 spiro atoms. The fourth-order valence-corrected chi connectivity index (χ4v) is 3.98. The smallest absolute Gasteiger partial charge is 0.310 e. The number of esters is 1. The summed E-state index contributed by atoms with van der Waals surface area (Å²) in [5, 5.41) is 9.38. The van der Waals surface area contributed by atoms with Crippen molar-refractivity contribution < 1.29 is 19.4 Å². The lowest BCUT2D eigenvalue weighted by Crippen LogP contribution is -2.34. The molecular formula is C24H42O4. The Hall–Kier alpha value is -1.32. The summed E-state index contributed by atoms with van der Waals surface area (Å²) in [6.45, 7) is 4.39. The number of aliphatic carboxylic acids is 1. The van der Waals surface area contributed by atoms with E-state index in [0.29, 0.717) is 12.8 Å². The Balaban J connectivity index is 2.34. The van der Waals surface area contributed by atoms with E-state index < -0.39 is 17.8 Å². The van der Waals surface area contributed by atoms with Gasteiger partial charge in [-0.3, -0.25) is 9.59 Å². The molecule has 0 fully saturated rings. The fraction of sp³-hybridized carbons (Fsp3) is 0.833. The first-order valence-corrected chi connectivity index (χ1v) is 11.7. The van der Waals surface area contributed by atoms with Crippen LogP contribution in [0.5, 0.6) is 0 Å². The van der Waals surface area contributed by atoms with Gasteiger partial charge in [0.2, 0.25) is 0 Å². The van der Waals surface area contributed by atoms with Gasteiger partial charge in [0.1, 0.15) is 6.10 Å². The van der Waals surface area contributed by atoms with Gasteiger partial charge in [0.15, 0.2) is 0 Å². The Kier molecular flexibility index (Phi) is 13.8. The predicted molar refractivity (Wildman–Crippen MR) is 114 cm³/mol. The molecule has 0 radical (unpaired) electrons. The van der Waals surface area contributed by atoms with Crippen LogP contribution in [0.2, 0.25) is 0 Å². The summed E-state index contributed by atoms with van der Waals surface area (Å²) >= 11 is 0. The Morgan fingerprint density at radius 1 is 0.821 bits per heavy atom. The largest absolute Gasteiger partial charge is 0.481 e. The minimum atomic E-state index is -0.893. The summed E-state index contributed by atoms with van der Waals surface area (Å²) in [4.78, 5) is 24.1. The first-order valence-electron chi connectivity index (χ1n) is 11.7. The van der Waals surface area contributed by atoms with Crippen LogP contribution in [0, 0.1) is 11.8 Å². The van der Waals surface area contributed by atoms with Crippen molar-refractivity contribution in [2.45, 2.75) is 116 Å². The van der Waals surface area contributed by atoms with E-state index in [1.165, 1.54) is 51.4 Å². The number of carbonyl (C=O) groups is 2. The maximum Gasteiger partial charge on any atom is 0.310 e. The molecule has 0 saturated heterocycles. The third-order valence-corrected chi connectivity index (χ3v) is 5.84. The van der Waals surface area contributed by atoms with Crippen LogP contribution < -0.4 is 0 Å². The van der Waals surface area contributed by atoms with Crippen LogP contribution in [0.4, 0.5) is 0 Å². The summed E-state index contributed by atoms with van der Waals surface area (Å²) in [6, 6.07) is 0. The van der Waals surface area contributed by atoms with Gasteiger partial charge >= 0.3 is 11.9 Å². The molecule has 1 aliphatic rings. The molecule has 0 aromatic heterocycles. The Bertz CT molecular complexity index is 458. The lowest BCUT2D eigenvalue weighted by Gasteiger charge is -2.26. The van der Waals surface area contributed by atoms with Gasteiger partial charge in [-0.15, -0.1) is 0 Å². The highest BCUT2D eigenvalue weighted by Crippen LogP contribution is 2.28. The molecule has 0 amide bonds. The van der Waals surface area contributed by atoms with E-state index in [9.17, 15) is 14.7 Å². The van der Waals surface area contributed by atoms with Crippen molar-refractivity contribution in [2.24, 2.45) is 11.8 Å². The number of carboxylic acid groups (broad SMARTS) is 1. The van der Waals surface area contributed by atoms with E-state index in [-0.39, 0.29) is 12.1 Å². The average Bonchev–Trinajstić information content (AvgIpc) is 2.70. The molecule has 0 heterocycles. The molecule has 3 unspecified atom stereocenters. The predicted octanol–water partition coefficient (Wildman–Crippen LogP) is 6.68. The number of unbranched alkanes of at least 4 members (excludes halogenated alkanes) is 9. The molecule has 4 heteroatoms. The van der Waals surface area contributed by atoms with Crippen LogP contribution >= 0.6 is 0 Å². The summed E-state index contributed by atoms with van der Waals surface area (Å²) in [5.74, 6) is -2.38. The molecule has 4 nitrogen and oxygen atoms in total. The van der Waals surface area contributed by atoms with Crippen molar-refractivity contribution >= 4 is 11.9 Å². The fourth-order valence-electron chi connectivity index (χ4n) is 3.98. The zero-order valence-electron chi connectivity index (χ0n) is 18.2. The van der Waals surface area contributed by atoms with E-state index in [2.05, 4.69) is 13.8 Å². The highest BCUT2D eigenvalue weighted by atomic mass is 16.5. The van der Waals surface area contributed by atoms with Crippen molar-refractivity contribution in [2.75, 3.05) is 0 Å². The summed E-state index contributed by atoms with van der Waals surface area (Å²) < 4.78 is 5.81. The molecule has 0 aliphatic heterocycles. The van der Waals surface area contributed by atoms with E-state index >= 15 is 0 Å². The van der Waals surface area contributed by atoms with Crippen LogP contribution in [0.25, 0.3) is 0 Å². The monoisotopic (exact) mass is 394 g/mol. The number of rotatable bonds is 16. The Morgan fingerprint density at radius 2 is 1.32 bits per heavy atom. The molecule has 0 aromatic rings. The zero-order valence-corrected chi connectivity index (χ0v) is 18.2. The van der Waals surface area contributed by atoms with Crippen molar-refractivity contribution in [3.05, 3.63) is 12.2 Å². The Morgan fingerprint density at radius 3 is 1.89 bits per heavy atom. The highest BCUT2D eigenvalue weighted by Gasteiger charge is 2.36. The second-order valence-corrected chi connectivity index (χ2v) is 8.31. The van der Waals surface area contributed by atoms with E-state index in [4.69, 9.17) is 4.74 Å². The maximum atomic E-state index is 12.6. The van der Waals surface area contributed by atoms with Crippen molar-refractivity contribution in [1.82, 2.24) is 0 Å². The Labute approximate surface area is 172 Å². The van der Waals surface area contributed by atoms with Crippen LogP contribution in [0.3, 0.4) is 0 Å². The first kappa shape index (κ1) is 24.7. The minimum absolute atomic E-state index is 0.0580. The van der Waals surface area contributed by atoms with Gasteiger partial charge in [0.25, 0.3) is 0 Å². The molecule has 1 rings (SSSR count).